The summed E-state index contributed by atoms with van der Waals surface area (Å²) in [5.74, 6) is -1.90. The Bertz CT molecular complexity index is 1130. The molecule has 0 aliphatic heterocycles. The highest BCUT2D eigenvalue weighted by Gasteiger charge is 2.31. The molecule has 0 saturated carbocycles. The van der Waals surface area contributed by atoms with Crippen molar-refractivity contribution < 1.29 is 26.7 Å². The molecule has 0 atom stereocenters. The number of hydrogen-bond acceptors (Lipinski definition) is 1. The Labute approximate surface area is 176 Å². The lowest BCUT2D eigenvalue weighted by Gasteiger charge is -2.20. The Hall–Kier alpha value is -3.15. The average Bonchev–Trinajstić information content (AvgIpc) is 2.73. The molecule has 6 heteroatoms. The van der Waals surface area contributed by atoms with Gasteiger partial charge in [0.1, 0.15) is 17.4 Å². The van der Waals surface area contributed by atoms with E-state index < -0.39 is 23.7 Å². The number of halogens is 5. The van der Waals surface area contributed by atoms with Gasteiger partial charge >= 0.3 is 6.36 Å². The van der Waals surface area contributed by atoms with Crippen molar-refractivity contribution in [2.45, 2.75) is 32.5 Å². The molecular formula is C25H19F5O. The van der Waals surface area contributed by atoms with Gasteiger partial charge in [-0.2, -0.15) is 0 Å². The second-order valence-corrected chi connectivity index (χ2v) is 7.41. The van der Waals surface area contributed by atoms with Crippen LogP contribution >= 0.6 is 0 Å². The maximum Gasteiger partial charge on any atom is 0.573 e. The summed E-state index contributed by atoms with van der Waals surface area (Å²) in [6, 6.07) is 13.9. The first-order valence-corrected chi connectivity index (χ1v) is 9.92. The number of rotatable bonds is 4. The summed E-state index contributed by atoms with van der Waals surface area (Å²) in [4.78, 5) is 0. The van der Waals surface area contributed by atoms with Crippen LogP contribution in [-0.2, 0) is 12.8 Å². The Kier molecular flexibility index (Phi) is 5.56. The van der Waals surface area contributed by atoms with E-state index in [0.29, 0.717) is 24.0 Å². The molecule has 0 aromatic heterocycles. The summed E-state index contributed by atoms with van der Waals surface area (Å²) in [6.45, 7) is 2.07. The van der Waals surface area contributed by atoms with Gasteiger partial charge in [-0.1, -0.05) is 49.4 Å². The van der Waals surface area contributed by atoms with E-state index in [-0.39, 0.29) is 11.1 Å². The van der Waals surface area contributed by atoms with Crippen LogP contribution in [0.3, 0.4) is 0 Å². The Morgan fingerprint density at radius 3 is 2.13 bits per heavy atom. The van der Waals surface area contributed by atoms with Crippen molar-refractivity contribution in [2.24, 2.45) is 0 Å². The molecule has 3 aromatic carbocycles. The number of aryl methyl sites for hydroxylation is 1. The van der Waals surface area contributed by atoms with Crippen molar-refractivity contribution in [3.63, 3.8) is 0 Å². The number of alkyl halides is 3. The maximum atomic E-state index is 15.2. The van der Waals surface area contributed by atoms with Crippen molar-refractivity contribution >= 4 is 11.6 Å². The molecule has 0 heterocycles. The molecular weight excluding hydrogens is 411 g/mol. The van der Waals surface area contributed by atoms with Crippen molar-refractivity contribution in [2.75, 3.05) is 0 Å². The van der Waals surface area contributed by atoms with Gasteiger partial charge in [0.05, 0.1) is 5.56 Å². The highest BCUT2D eigenvalue weighted by Crippen LogP contribution is 2.38. The molecule has 0 radical (unpaired) electrons. The SMILES string of the molecule is CCc1ccc(C2=Cc3cc(F)c(-c4ccc(OC(F)(F)F)cc4)c(F)c3CC2)cc1. The molecule has 4 rings (SSSR count). The quantitative estimate of drug-likeness (QED) is 0.388. The normalized spacial score (nSPS) is 13.5. The standard InChI is InChI=1S/C25H19F5O/c1-2-15-3-5-16(6-4-15)18-9-12-21-19(13-18)14-22(26)23(24(21)27)17-7-10-20(11-8-17)31-25(28,29)30/h3-8,10-11,13-14H,2,9,12H2,1H3. The van der Waals surface area contributed by atoms with E-state index in [0.717, 1.165) is 29.7 Å². The monoisotopic (exact) mass is 430 g/mol. The lowest BCUT2D eigenvalue weighted by atomic mass is 9.86. The largest absolute Gasteiger partial charge is 0.573 e. The lowest BCUT2D eigenvalue weighted by molar-refractivity contribution is -0.274. The van der Waals surface area contributed by atoms with Gasteiger partial charge in [0, 0.05) is 0 Å². The van der Waals surface area contributed by atoms with Gasteiger partial charge in [0.2, 0.25) is 0 Å². The van der Waals surface area contributed by atoms with Gasteiger partial charge in [-0.05, 0) is 70.9 Å². The van der Waals surface area contributed by atoms with Crippen LogP contribution in [0.25, 0.3) is 22.8 Å². The van der Waals surface area contributed by atoms with E-state index in [1.54, 1.807) is 6.08 Å². The zero-order chi connectivity index (χ0) is 22.2. The van der Waals surface area contributed by atoms with Gasteiger partial charge in [-0.15, -0.1) is 13.2 Å². The summed E-state index contributed by atoms with van der Waals surface area (Å²) in [5, 5.41) is 0. The van der Waals surface area contributed by atoms with Crippen molar-refractivity contribution in [3.8, 4) is 16.9 Å². The Morgan fingerprint density at radius 1 is 0.871 bits per heavy atom. The summed E-state index contributed by atoms with van der Waals surface area (Å²) < 4.78 is 70.9. The Balaban J connectivity index is 1.68. The predicted molar refractivity (Wildman–Crippen MR) is 110 cm³/mol. The van der Waals surface area contributed by atoms with Crippen molar-refractivity contribution in [1.82, 2.24) is 0 Å². The first kappa shape index (κ1) is 21.1. The summed E-state index contributed by atoms with van der Waals surface area (Å²) in [6.07, 6.45) is -1.07. The third-order valence-corrected chi connectivity index (χ3v) is 5.44. The van der Waals surface area contributed by atoms with Crippen LogP contribution in [0.4, 0.5) is 22.0 Å². The minimum absolute atomic E-state index is 0.150. The van der Waals surface area contributed by atoms with E-state index in [2.05, 4.69) is 11.7 Å². The number of benzene rings is 3. The third-order valence-electron chi connectivity index (χ3n) is 5.44. The van der Waals surface area contributed by atoms with Crippen LogP contribution in [-0.4, -0.2) is 6.36 Å². The molecule has 0 unspecified atom stereocenters. The highest BCUT2D eigenvalue weighted by atomic mass is 19.4. The number of allylic oxidation sites excluding steroid dienone is 1. The molecule has 0 spiro atoms. The molecule has 1 aliphatic rings. The van der Waals surface area contributed by atoms with Crippen LogP contribution in [0.1, 0.15) is 35.6 Å². The maximum absolute atomic E-state index is 15.2. The second kappa shape index (κ2) is 8.17. The average molecular weight is 430 g/mol. The molecule has 1 nitrogen and oxygen atoms in total. The first-order chi connectivity index (χ1) is 14.7. The summed E-state index contributed by atoms with van der Waals surface area (Å²) in [5.41, 5.74) is 4.04. The first-order valence-electron chi connectivity index (χ1n) is 9.92. The van der Waals surface area contributed by atoms with Gasteiger partial charge < -0.3 is 4.74 Å². The third kappa shape index (κ3) is 4.48. The minimum atomic E-state index is -4.83. The van der Waals surface area contributed by atoms with Crippen LogP contribution in [0, 0.1) is 11.6 Å². The van der Waals surface area contributed by atoms with Crippen LogP contribution in [0.5, 0.6) is 5.75 Å². The Morgan fingerprint density at radius 2 is 1.52 bits per heavy atom. The molecule has 160 valence electrons. The highest BCUT2D eigenvalue weighted by molar-refractivity contribution is 5.85. The summed E-state index contributed by atoms with van der Waals surface area (Å²) in [7, 11) is 0. The van der Waals surface area contributed by atoms with Crippen molar-refractivity contribution in [3.05, 3.63) is 88.5 Å². The van der Waals surface area contributed by atoms with E-state index in [1.807, 2.05) is 24.3 Å². The van der Waals surface area contributed by atoms with Crippen LogP contribution in [0.15, 0.2) is 54.6 Å². The fourth-order valence-corrected chi connectivity index (χ4v) is 3.85. The number of fused-ring (bicyclic) bond motifs is 1. The molecule has 0 amide bonds. The van der Waals surface area contributed by atoms with Crippen LogP contribution in [0.2, 0.25) is 0 Å². The molecule has 1 aliphatic carbocycles. The fraction of sp³-hybridized carbons (Fsp3) is 0.200. The van der Waals surface area contributed by atoms with E-state index in [1.165, 1.54) is 23.8 Å². The fourth-order valence-electron chi connectivity index (χ4n) is 3.85. The van der Waals surface area contributed by atoms with E-state index in [4.69, 9.17) is 0 Å². The molecule has 31 heavy (non-hydrogen) atoms. The zero-order valence-corrected chi connectivity index (χ0v) is 16.7. The molecule has 0 bridgehead atoms. The molecule has 3 aromatic rings. The van der Waals surface area contributed by atoms with Gasteiger partial charge in [-0.25, -0.2) is 8.78 Å². The number of ether oxygens (including phenoxy) is 1. The van der Waals surface area contributed by atoms with Crippen molar-refractivity contribution in [1.29, 1.82) is 0 Å². The lowest BCUT2D eigenvalue weighted by Crippen LogP contribution is -2.16. The second-order valence-electron chi connectivity index (χ2n) is 7.41. The molecule has 0 N–H and O–H groups in total. The molecule has 0 saturated heterocycles. The van der Waals surface area contributed by atoms with Gasteiger partial charge in [-0.3, -0.25) is 0 Å². The topological polar surface area (TPSA) is 9.23 Å². The minimum Gasteiger partial charge on any atom is -0.406 e. The number of hydrogen-bond donors (Lipinski definition) is 0. The van der Waals surface area contributed by atoms with Gasteiger partial charge in [0.15, 0.2) is 0 Å². The van der Waals surface area contributed by atoms with Crippen LogP contribution < -0.4 is 4.74 Å². The zero-order valence-electron chi connectivity index (χ0n) is 16.7. The predicted octanol–water partition coefficient (Wildman–Crippen LogP) is 7.58. The summed E-state index contributed by atoms with van der Waals surface area (Å²) >= 11 is 0. The van der Waals surface area contributed by atoms with E-state index >= 15 is 4.39 Å². The molecule has 0 fully saturated rings. The smallest absolute Gasteiger partial charge is 0.406 e. The van der Waals surface area contributed by atoms with E-state index in [9.17, 15) is 17.6 Å². The van der Waals surface area contributed by atoms with Gasteiger partial charge in [0.25, 0.3) is 0 Å².